The molecule has 2 fully saturated rings. The van der Waals surface area contributed by atoms with Gasteiger partial charge in [0.25, 0.3) is 0 Å². The van der Waals surface area contributed by atoms with Crippen LogP contribution in [-0.2, 0) is 19.9 Å². The Balaban J connectivity index is 1.66. The highest BCUT2D eigenvalue weighted by Crippen LogP contribution is 2.54. The van der Waals surface area contributed by atoms with Crippen LogP contribution in [0.1, 0.15) is 17.5 Å². The molecule has 2 aromatic carbocycles. The van der Waals surface area contributed by atoms with Gasteiger partial charge < -0.3 is 10.1 Å². The monoisotopic (exact) mass is 496 g/mol. The average molecular weight is 497 g/mol. The number of nitrogens with one attached hydrogen (secondary N) is 2. The van der Waals surface area contributed by atoms with Crippen molar-refractivity contribution >= 4 is 46.5 Å². The summed E-state index contributed by atoms with van der Waals surface area (Å²) < 4.78 is 5.19. The number of nitro groups is 1. The SMILES string of the molecule is COc1cc(N2C(=O)[C@@H]3[C@@H](C2=O)[C@@]2(N[C@@H]3CCSC)C(=O)Nc3ccccc32)c(C)cc1[N+](=O)[O-]. The van der Waals surface area contributed by atoms with E-state index in [1.54, 1.807) is 43.0 Å². The highest BCUT2D eigenvalue weighted by atomic mass is 32.2. The number of carbonyl (C=O) groups is 3. The summed E-state index contributed by atoms with van der Waals surface area (Å²) >= 11 is 1.62. The summed E-state index contributed by atoms with van der Waals surface area (Å²) in [6, 6.07) is 9.43. The van der Waals surface area contributed by atoms with Crippen LogP contribution in [0.5, 0.6) is 5.75 Å². The van der Waals surface area contributed by atoms with E-state index < -0.39 is 40.2 Å². The van der Waals surface area contributed by atoms with E-state index in [0.717, 1.165) is 10.7 Å². The second kappa shape index (κ2) is 8.35. The number of thioether (sulfide) groups is 1. The highest BCUT2D eigenvalue weighted by molar-refractivity contribution is 7.98. The van der Waals surface area contributed by atoms with Crippen LogP contribution in [0.4, 0.5) is 17.1 Å². The van der Waals surface area contributed by atoms with Crippen molar-refractivity contribution in [1.29, 1.82) is 0 Å². The maximum Gasteiger partial charge on any atom is 0.311 e. The molecule has 0 saturated carbocycles. The van der Waals surface area contributed by atoms with Crippen molar-refractivity contribution in [1.82, 2.24) is 5.32 Å². The number of amides is 3. The first-order valence-electron chi connectivity index (χ1n) is 11.1. The van der Waals surface area contributed by atoms with Crippen molar-refractivity contribution in [2.45, 2.75) is 24.9 Å². The summed E-state index contributed by atoms with van der Waals surface area (Å²) in [6.45, 7) is 1.60. The maximum atomic E-state index is 14.0. The summed E-state index contributed by atoms with van der Waals surface area (Å²) in [5.74, 6) is -2.31. The third kappa shape index (κ3) is 3.18. The molecule has 3 amide bonds. The van der Waals surface area contributed by atoms with Crippen LogP contribution in [-0.4, -0.2) is 47.8 Å². The van der Waals surface area contributed by atoms with Gasteiger partial charge in [-0.15, -0.1) is 0 Å². The fourth-order valence-electron chi connectivity index (χ4n) is 5.70. The third-order valence-corrected chi connectivity index (χ3v) is 7.83. The molecule has 3 aliphatic heterocycles. The van der Waals surface area contributed by atoms with Crippen LogP contribution in [0.3, 0.4) is 0 Å². The van der Waals surface area contributed by atoms with Gasteiger partial charge in [-0.2, -0.15) is 11.8 Å². The van der Waals surface area contributed by atoms with Crippen LogP contribution < -0.4 is 20.3 Å². The summed E-state index contributed by atoms with van der Waals surface area (Å²) in [4.78, 5) is 53.3. The molecule has 1 spiro atoms. The van der Waals surface area contributed by atoms with E-state index in [1.165, 1.54) is 19.2 Å². The smallest absolute Gasteiger partial charge is 0.311 e. The van der Waals surface area contributed by atoms with Gasteiger partial charge in [0, 0.05) is 29.4 Å². The number of imide groups is 1. The molecule has 0 bridgehead atoms. The summed E-state index contributed by atoms with van der Waals surface area (Å²) in [5.41, 5.74) is 0.243. The molecule has 0 radical (unpaired) electrons. The number of hydrogen-bond donors (Lipinski definition) is 2. The molecule has 182 valence electrons. The molecule has 0 aliphatic carbocycles. The molecule has 3 heterocycles. The molecule has 10 nitrogen and oxygen atoms in total. The van der Waals surface area contributed by atoms with E-state index in [9.17, 15) is 24.5 Å². The van der Waals surface area contributed by atoms with Crippen LogP contribution in [0, 0.1) is 28.9 Å². The Morgan fingerprint density at radius 3 is 2.63 bits per heavy atom. The Bertz CT molecular complexity index is 1280. The first-order chi connectivity index (χ1) is 16.8. The standard InChI is InChI=1S/C24H24N4O6S/c1-12-10-17(28(32)33)18(34-2)11-16(12)27-21(29)19-15(8-9-35-3)26-24(20(19)22(27)30)13-6-4-5-7-14(13)25-23(24)31/h4-7,10-11,15,19-20,26H,8-9H2,1-3H3,(H,25,31)/t15-,19+,20+,24-/m1/s1. The van der Waals surface area contributed by atoms with Crippen molar-refractivity contribution in [3.63, 3.8) is 0 Å². The minimum Gasteiger partial charge on any atom is -0.490 e. The Morgan fingerprint density at radius 2 is 1.94 bits per heavy atom. The fourth-order valence-corrected chi connectivity index (χ4v) is 6.19. The van der Waals surface area contributed by atoms with E-state index in [0.29, 0.717) is 23.2 Å². The first kappa shape index (κ1) is 23.3. The van der Waals surface area contributed by atoms with Crippen molar-refractivity contribution < 1.29 is 24.0 Å². The van der Waals surface area contributed by atoms with Gasteiger partial charge in [0.1, 0.15) is 5.54 Å². The number of rotatable bonds is 6. The summed E-state index contributed by atoms with van der Waals surface area (Å²) in [7, 11) is 1.29. The van der Waals surface area contributed by atoms with E-state index in [1.807, 2.05) is 6.26 Å². The number of ether oxygens (including phenoxy) is 1. The molecule has 2 aromatic rings. The van der Waals surface area contributed by atoms with Gasteiger partial charge in [-0.1, -0.05) is 18.2 Å². The van der Waals surface area contributed by atoms with Gasteiger partial charge in [0.15, 0.2) is 5.75 Å². The number of hydrogen-bond acceptors (Lipinski definition) is 8. The minimum absolute atomic E-state index is 0.0519. The molecule has 0 aromatic heterocycles. The first-order valence-corrected chi connectivity index (χ1v) is 12.5. The number of para-hydroxylation sites is 1. The average Bonchev–Trinajstić information content (AvgIpc) is 3.42. The molecule has 5 rings (SSSR count). The lowest BCUT2D eigenvalue weighted by molar-refractivity contribution is -0.385. The van der Waals surface area contributed by atoms with E-state index >= 15 is 0 Å². The number of nitrogens with zero attached hydrogens (tertiary/aromatic N) is 2. The number of aryl methyl sites for hydroxylation is 1. The second-order valence-electron chi connectivity index (χ2n) is 8.92. The number of methoxy groups -OCH3 is 1. The summed E-state index contributed by atoms with van der Waals surface area (Å²) in [6.07, 6.45) is 2.55. The topological polar surface area (TPSA) is 131 Å². The van der Waals surface area contributed by atoms with Crippen molar-refractivity contribution in [2.75, 3.05) is 29.3 Å². The van der Waals surface area contributed by atoms with E-state index in [4.69, 9.17) is 4.74 Å². The Hall–Kier alpha value is -3.44. The molecular formula is C24H24N4O6S. The van der Waals surface area contributed by atoms with Gasteiger partial charge in [-0.05, 0) is 37.0 Å². The number of fused-ring (bicyclic) bond motifs is 4. The molecule has 11 heteroatoms. The van der Waals surface area contributed by atoms with Crippen LogP contribution in [0.25, 0.3) is 0 Å². The van der Waals surface area contributed by atoms with Gasteiger partial charge in [0.05, 0.1) is 29.6 Å². The van der Waals surface area contributed by atoms with Gasteiger partial charge >= 0.3 is 5.69 Å². The molecule has 2 saturated heterocycles. The minimum atomic E-state index is -1.37. The van der Waals surface area contributed by atoms with Gasteiger partial charge in [-0.25, -0.2) is 4.90 Å². The van der Waals surface area contributed by atoms with Crippen LogP contribution in [0.2, 0.25) is 0 Å². The number of anilines is 2. The van der Waals surface area contributed by atoms with Gasteiger partial charge in [0.2, 0.25) is 17.7 Å². The normalized spacial score (nSPS) is 26.8. The zero-order chi connectivity index (χ0) is 25.1. The molecule has 35 heavy (non-hydrogen) atoms. The second-order valence-corrected chi connectivity index (χ2v) is 9.91. The van der Waals surface area contributed by atoms with E-state index in [2.05, 4.69) is 10.6 Å². The number of carbonyl (C=O) groups excluding carboxylic acids is 3. The Kier molecular flexibility index (Phi) is 5.56. The third-order valence-electron chi connectivity index (χ3n) is 7.19. The molecule has 4 atom stereocenters. The molecule has 2 N–H and O–H groups in total. The lowest BCUT2D eigenvalue weighted by atomic mass is 9.76. The van der Waals surface area contributed by atoms with Gasteiger partial charge in [-0.3, -0.25) is 29.8 Å². The molecular weight excluding hydrogens is 472 g/mol. The van der Waals surface area contributed by atoms with Crippen molar-refractivity contribution in [3.8, 4) is 5.75 Å². The van der Waals surface area contributed by atoms with Crippen molar-refractivity contribution in [2.24, 2.45) is 11.8 Å². The Morgan fingerprint density at radius 1 is 1.20 bits per heavy atom. The van der Waals surface area contributed by atoms with Crippen LogP contribution >= 0.6 is 11.8 Å². The van der Waals surface area contributed by atoms with E-state index in [-0.39, 0.29) is 23.0 Å². The number of benzene rings is 2. The number of nitro benzene ring substituents is 1. The lowest BCUT2D eigenvalue weighted by Gasteiger charge is -2.30. The van der Waals surface area contributed by atoms with Crippen molar-refractivity contribution in [3.05, 3.63) is 57.6 Å². The Labute approximate surface area is 205 Å². The fraction of sp³-hybridized carbons (Fsp3) is 0.375. The lowest BCUT2D eigenvalue weighted by Crippen LogP contribution is -2.53. The zero-order valence-corrected chi connectivity index (χ0v) is 20.2. The maximum absolute atomic E-state index is 14.0. The predicted molar refractivity (Wildman–Crippen MR) is 131 cm³/mol. The highest BCUT2D eigenvalue weighted by Gasteiger charge is 2.70. The van der Waals surface area contributed by atoms with Crippen LogP contribution in [0.15, 0.2) is 36.4 Å². The summed E-state index contributed by atoms with van der Waals surface area (Å²) in [5, 5.41) is 17.7. The largest absolute Gasteiger partial charge is 0.490 e. The molecule has 0 unspecified atom stereocenters. The zero-order valence-electron chi connectivity index (χ0n) is 19.4. The predicted octanol–water partition coefficient (Wildman–Crippen LogP) is 2.59. The quantitative estimate of drug-likeness (QED) is 0.355. The molecule has 3 aliphatic rings.